The van der Waals surface area contributed by atoms with E-state index in [0.717, 1.165) is 35.8 Å². The van der Waals surface area contributed by atoms with Gasteiger partial charge in [0.2, 0.25) is 0 Å². The number of hydrogen-bond donors (Lipinski definition) is 0. The zero-order valence-corrected chi connectivity index (χ0v) is 15.2. The van der Waals surface area contributed by atoms with Gasteiger partial charge in [-0.15, -0.1) is 11.3 Å². The first-order chi connectivity index (χ1) is 12.3. The van der Waals surface area contributed by atoms with Crippen LogP contribution in [-0.2, 0) is 20.8 Å². The molecule has 3 rings (SSSR count). The lowest BCUT2D eigenvalue weighted by atomic mass is 10.2. The Labute approximate surface area is 152 Å². The third kappa shape index (κ3) is 5.04. The van der Waals surface area contributed by atoms with E-state index < -0.39 is 0 Å². The third-order valence-corrected chi connectivity index (χ3v) is 4.99. The molecule has 1 amide bonds. The molecule has 0 aliphatic carbocycles. The Morgan fingerprint density at radius 1 is 1.32 bits per heavy atom. The van der Waals surface area contributed by atoms with Gasteiger partial charge in [0.1, 0.15) is 12.4 Å². The van der Waals surface area contributed by atoms with Gasteiger partial charge in [-0.25, -0.2) is 0 Å². The highest BCUT2D eigenvalue weighted by Crippen LogP contribution is 2.23. The normalized spacial score (nSPS) is 16.8. The number of amides is 1. The predicted octanol–water partition coefficient (Wildman–Crippen LogP) is 3.49. The van der Waals surface area contributed by atoms with Crippen molar-refractivity contribution in [1.82, 2.24) is 0 Å². The van der Waals surface area contributed by atoms with Crippen LogP contribution in [0.1, 0.15) is 17.7 Å². The van der Waals surface area contributed by atoms with Crippen LogP contribution in [0.2, 0.25) is 0 Å². The number of benzene rings is 1. The summed E-state index contributed by atoms with van der Waals surface area (Å²) >= 11 is 1.64. The lowest BCUT2D eigenvalue weighted by molar-refractivity contribution is -0.124. The fraction of sp³-hybridized carbons (Fsp3) is 0.421. The number of nitrogens with zero attached hydrogens (tertiary/aromatic N) is 1. The Morgan fingerprint density at radius 2 is 2.16 bits per heavy atom. The van der Waals surface area contributed by atoms with Crippen LogP contribution < -0.4 is 9.64 Å². The van der Waals surface area contributed by atoms with Crippen molar-refractivity contribution in [1.29, 1.82) is 0 Å². The van der Waals surface area contributed by atoms with Gasteiger partial charge in [0.15, 0.2) is 0 Å². The van der Waals surface area contributed by atoms with E-state index >= 15 is 0 Å². The van der Waals surface area contributed by atoms with Crippen molar-refractivity contribution in [2.75, 3.05) is 31.8 Å². The van der Waals surface area contributed by atoms with E-state index in [0.29, 0.717) is 13.2 Å². The van der Waals surface area contributed by atoms with Crippen molar-refractivity contribution < 1.29 is 19.0 Å². The van der Waals surface area contributed by atoms with Gasteiger partial charge in [0.05, 0.1) is 26.4 Å². The first kappa shape index (κ1) is 17.9. The fourth-order valence-corrected chi connectivity index (χ4v) is 3.47. The van der Waals surface area contributed by atoms with Gasteiger partial charge in [0.25, 0.3) is 5.91 Å². The van der Waals surface area contributed by atoms with Gasteiger partial charge in [0, 0.05) is 17.2 Å². The molecule has 1 aromatic carbocycles. The molecule has 1 atom stereocenters. The van der Waals surface area contributed by atoms with E-state index in [1.807, 2.05) is 41.8 Å². The second kappa shape index (κ2) is 8.99. The van der Waals surface area contributed by atoms with Crippen LogP contribution in [0.4, 0.5) is 5.69 Å². The SMILES string of the molecule is COc1ccc(N(Cc2cccs2)C(=O)COCC2CCCO2)cc1. The zero-order chi connectivity index (χ0) is 17.5. The van der Waals surface area contributed by atoms with Gasteiger partial charge >= 0.3 is 0 Å². The minimum absolute atomic E-state index is 0.0528. The number of methoxy groups -OCH3 is 1. The van der Waals surface area contributed by atoms with Crippen LogP contribution in [0.3, 0.4) is 0 Å². The summed E-state index contributed by atoms with van der Waals surface area (Å²) in [4.78, 5) is 15.6. The van der Waals surface area contributed by atoms with E-state index in [4.69, 9.17) is 14.2 Å². The number of rotatable bonds is 8. The van der Waals surface area contributed by atoms with Crippen molar-refractivity contribution >= 4 is 22.9 Å². The molecule has 1 aromatic heterocycles. The first-order valence-electron chi connectivity index (χ1n) is 8.42. The van der Waals surface area contributed by atoms with E-state index in [1.165, 1.54) is 0 Å². The van der Waals surface area contributed by atoms with Crippen molar-refractivity contribution in [3.05, 3.63) is 46.7 Å². The molecule has 1 fully saturated rings. The Hall–Kier alpha value is -1.89. The van der Waals surface area contributed by atoms with Gasteiger partial charge in [-0.1, -0.05) is 6.07 Å². The van der Waals surface area contributed by atoms with Crippen LogP contribution in [0, 0.1) is 0 Å². The molecule has 1 saturated heterocycles. The molecule has 0 N–H and O–H groups in total. The molecule has 1 aliphatic heterocycles. The van der Waals surface area contributed by atoms with Crippen LogP contribution in [0.15, 0.2) is 41.8 Å². The molecule has 1 aliphatic rings. The standard InChI is InChI=1S/C19H23NO4S/c1-22-16-8-6-15(7-9-16)20(12-18-5-3-11-25-18)19(21)14-23-13-17-4-2-10-24-17/h3,5-9,11,17H,2,4,10,12-14H2,1H3. The molecular formula is C19H23NO4S. The summed E-state index contributed by atoms with van der Waals surface area (Å²) in [6.07, 6.45) is 2.20. The van der Waals surface area contributed by atoms with E-state index in [-0.39, 0.29) is 18.6 Å². The second-order valence-electron chi connectivity index (χ2n) is 5.91. The van der Waals surface area contributed by atoms with Gasteiger partial charge in [-0.3, -0.25) is 4.79 Å². The van der Waals surface area contributed by atoms with Gasteiger partial charge in [-0.2, -0.15) is 0 Å². The molecule has 0 bridgehead atoms. The number of anilines is 1. The lowest BCUT2D eigenvalue weighted by Gasteiger charge is -2.23. The molecule has 6 heteroatoms. The monoisotopic (exact) mass is 361 g/mol. The van der Waals surface area contributed by atoms with Crippen LogP contribution in [0.25, 0.3) is 0 Å². The quantitative estimate of drug-likeness (QED) is 0.722. The maximum atomic E-state index is 12.7. The van der Waals surface area contributed by atoms with Gasteiger partial charge in [-0.05, 0) is 48.6 Å². The molecule has 1 unspecified atom stereocenters. The number of thiophene rings is 1. The van der Waals surface area contributed by atoms with Crippen LogP contribution in [0.5, 0.6) is 5.75 Å². The molecule has 5 nitrogen and oxygen atoms in total. The van der Waals surface area contributed by atoms with Crippen molar-refractivity contribution in [3.63, 3.8) is 0 Å². The van der Waals surface area contributed by atoms with Crippen molar-refractivity contribution in [2.24, 2.45) is 0 Å². The molecular weight excluding hydrogens is 338 g/mol. The topological polar surface area (TPSA) is 48.0 Å². The number of hydrogen-bond acceptors (Lipinski definition) is 5. The van der Waals surface area contributed by atoms with E-state index in [2.05, 4.69) is 0 Å². The summed E-state index contributed by atoms with van der Waals surface area (Å²) in [5.74, 6) is 0.707. The average molecular weight is 361 g/mol. The highest BCUT2D eigenvalue weighted by molar-refractivity contribution is 7.09. The summed E-state index contributed by atoms with van der Waals surface area (Å²) in [5, 5.41) is 2.01. The number of carbonyl (C=O) groups excluding carboxylic acids is 1. The van der Waals surface area contributed by atoms with E-state index in [1.54, 1.807) is 23.3 Å². The van der Waals surface area contributed by atoms with Crippen LogP contribution >= 0.6 is 11.3 Å². The summed E-state index contributed by atoms with van der Waals surface area (Å²) in [7, 11) is 1.63. The summed E-state index contributed by atoms with van der Waals surface area (Å²) in [6, 6.07) is 11.5. The first-order valence-corrected chi connectivity index (χ1v) is 9.30. The second-order valence-corrected chi connectivity index (χ2v) is 6.94. The molecule has 0 radical (unpaired) electrons. The number of ether oxygens (including phenoxy) is 3. The third-order valence-electron chi connectivity index (χ3n) is 4.13. The highest BCUT2D eigenvalue weighted by Gasteiger charge is 2.20. The lowest BCUT2D eigenvalue weighted by Crippen LogP contribution is -2.34. The zero-order valence-electron chi connectivity index (χ0n) is 14.3. The molecule has 2 heterocycles. The Bertz CT molecular complexity index is 651. The Morgan fingerprint density at radius 3 is 2.80 bits per heavy atom. The predicted molar refractivity (Wildman–Crippen MR) is 98.3 cm³/mol. The Balaban J connectivity index is 1.64. The molecule has 134 valence electrons. The largest absolute Gasteiger partial charge is 0.497 e. The summed E-state index contributed by atoms with van der Waals surface area (Å²) in [6.45, 7) is 1.85. The van der Waals surface area contributed by atoms with Gasteiger partial charge < -0.3 is 19.1 Å². The maximum absolute atomic E-state index is 12.7. The number of carbonyl (C=O) groups is 1. The van der Waals surface area contributed by atoms with Crippen molar-refractivity contribution in [3.8, 4) is 5.75 Å². The molecule has 25 heavy (non-hydrogen) atoms. The minimum atomic E-state index is -0.0587. The maximum Gasteiger partial charge on any atom is 0.253 e. The summed E-state index contributed by atoms with van der Waals surface area (Å²) in [5.41, 5.74) is 0.833. The van der Waals surface area contributed by atoms with Crippen LogP contribution in [-0.4, -0.2) is 38.9 Å². The fourth-order valence-electron chi connectivity index (χ4n) is 2.78. The molecule has 0 spiro atoms. The molecule has 2 aromatic rings. The molecule has 0 saturated carbocycles. The highest BCUT2D eigenvalue weighted by atomic mass is 32.1. The van der Waals surface area contributed by atoms with E-state index in [9.17, 15) is 4.79 Å². The van der Waals surface area contributed by atoms with Crippen molar-refractivity contribution in [2.45, 2.75) is 25.5 Å². The summed E-state index contributed by atoms with van der Waals surface area (Å²) < 4.78 is 16.3. The smallest absolute Gasteiger partial charge is 0.253 e. The minimum Gasteiger partial charge on any atom is -0.497 e. The Kier molecular flexibility index (Phi) is 6.44. The average Bonchev–Trinajstić information content (AvgIpc) is 3.33.